The number of aromatic nitrogens is 3. The normalized spacial score (nSPS) is 11.4. The van der Waals surface area contributed by atoms with Gasteiger partial charge in [0.05, 0.1) is 30.4 Å². The predicted octanol–water partition coefficient (Wildman–Crippen LogP) is 4.15. The predicted molar refractivity (Wildman–Crippen MR) is 127 cm³/mol. The Hall–Kier alpha value is -4.13. The molecule has 0 saturated carbocycles. The summed E-state index contributed by atoms with van der Waals surface area (Å²) < 4.78 is 24.4. The van der Waals surface area contributed by atoms with E-state index in [0.717, 1.165) is 15.6 Å². The van der Waals surface area contributed by atoms with Crippen molar-refractivity contribution >= 4 is 21.9 Å². The molecule has 7 heteroatoms. The maximum Gasteiger partial charge on any atom is 0.336 e. The zero-order chi connectivity index (χ0) is 23.3. The number of hydrogen-bond donors (Lipinski definition) is 0. The molecule has 0 atom stereocenters. The SMILES string of the molecule is COc1ccc2c(c1)c1c(c(=O)n(-c3ccc(C)cc3)c(=O)n1Cc1ccccc1F)n2C. The van der Waals surface area contributed by atoms with E-state index in [1.165, 1.54) is 10.6 Å². The smallest absolute Gasteiger partial charge is 0.336 e. The van der Waals surface area contributed by atoms with Gasteiger partial charge in [-0.1, -0.05) is 35.9 Å². The fraction of sp³-hybridized carbons (Fsp3) is 0.154. The summed E-state index contributed by atoms with van der Waals surface area (Å²) in [6.45, 7) is 1.91. The monoisotopic (exact) mass is 443 g/mol. The van der Waals surface area contributed by atoms with Gasteiger partial charge in [0.25, 0.3) is 5.56 Å². The number of hydrogen-bond acceptors (Lipinski definition) is 3. The number of fused-ring (bicyclic) bond motifs is 3. The highest BCUT2D eigenvalue weighted by Gasteiger charge is 2.22. The second-order valence-corrected chi connectivity index (χ2v) is 8.08. The van der Waals surface area contributed by atoms with Crippen molar-refractivity contribution < 1.29 is 9.13 Å². The summed E-state index contributed by atoms with van der Waals surface area (Å²) in [5.41, 5.74) is 2.44. The summed E-state index contributed by atoms with van der Waals surface area (Å²) in [6.07, 6.45) is 0. The highest BCUT2D eigenvalue weighted by molar-refractivity contribution is 6.06. The van der Waals surface area contributed by atoms with Crippen LogP contribution in [0.4, 0.5) is 4.39 Å². The third-order valence-electron chi connectivity index (χ3n) is 6.06. The summed E-state index contributed by atoms with van der Waals surface area (Å²) >= 11 is 0. The van der Waals surface area contributed by atoms with Gasteiger partial charge in [-0.05, 0) is 43.3 Å². The molecule has 0 radical (unpaired) electrons. The zero-order valence-electron chi connectivity index (χ0n) is 18.5. The number of rotatable bonds is 4. The third-order valence-corrected chi connectivity index (χ3v) is 6.06. The number of aryl methyl sites for hydroxylation is 2. The van der Waals surface area contributed by atoms with Crippen molar-refractivity contribution in [1.82, 2.24) is 13.7 Å². The Morgan fingerprint density at radius 2 is 1.67 bits per heavy atom. The van der Waals surface area contributed by atoms with Crippen molar-refractivity contribution in [2.45, 2.75) is 13.5 Å². The molecular formula is C26H22FN3O3. The van der Waals surface area contributed by atoms with Crippen molar-refractivity contribution in [2.75, 3.05) is 7.11 Å². The van der Waals surface area contributed by atoms with Crippen molar-refractivity contribution in [3.05, 3.63) is 105 Å². The number of benzene rings is 3. The summed E-state index contributed by atoms with van der Waals surface area (Å²) in [4.78, 5) is 27.4. The van der Waals surface area contributed by atoms with Crippen LogP contribution in [0.3, 0.4) is 0 Å². The van der Waals surface area contributed by atoms with Crippen LogP contribution in [-0.4, -0.2) is 20.8 Å². The number of methoxy groups -OCH3 is 1. The van der Waals surface area contributed by atoms with Gasteiger partial charge in [-0.2, -0.15) is 0 Å². The zero-order valence-corrected chi connectivity index (χ0v) is 18.5. The second-order valence-electron chi connectivity index (χ2n) is 8.08. The molecule has 0 fully saturated rings. The van der Waals surface area contributed by atoms with Crippen LogP contribution in [0.5, 0.6) is 5.75 Å². The molecule has 5 rings (SSSR count). The van der Waals surface area contributed by atoms with E-state index in [4.69, 9.17) is 4.74 Å². The fourth-order valence-electron chi connectivity index (χ4n) is 4.32. The minimum absolute atomic E-state index is 0.0233. The van der Waals surface area contributed by atoms with Gasteiger partial charge in [0.15, 0.2) is 0 Å². The molecular weight excluding hydrogens is 421 g/mol. The minimum Gasteiger partial charge on any atom is -0.497 e. The van der Waals surface area contributed by atoms with Crippen LogP contribution < -0.4 is 16.0 Å². The lowest BCUT2D eigenvalue weighted by molar-refractivity contribution is 0.415. The highest BCUT2D eigenvalue weighted by atomic mass is 19.1. The minimum atomic E-state index is -0.532. The molecule has 0 bridgehead atoms. The number of nitrogens with zero attached hydrogens (tertiary/aromatic N) is 3. The molecule has 0 saturated heterocycles. The van der Waals surface area contributed by atoms with Crippen LogP contribution in [0.25, 0.3) is 27.6 Å². The van der Waals surface area contributed by atoms with Crippen molar-refractivity contribution in [3.63, 3.8) is 0 Å². The summed E-state index contributed by atoms with van der Waals surface area (Å²) in [5, 5.41) is 0.688. The Morgan fingerprint density at radius 1 is 0.939 bits per heavy atom. The first-order valence-corrected chi connectivity index (χ1v) is 10.5. The average Bonchev–Trinajstić information content (AvgIpc) is 3.11. The maximum absolute atomic E-state index is 14.6. The number of ether oxygens (including phenoxy) is 1. The van der Waals surface area contributed by atoms with E-state index in [1.807, 2.05) is 25.1 Å². The van der Waals surface area contributed by atoms with Crippen molar-refractivity contribution in [3.8, 4) is 11.4 Å². The molecule has 0 aliphatic heterocycles. The van der Waals surface area contributed by atoms with E-state index in [1.54, 1.807) is 61.2 Å². The van der Waals surface area contributed by atoms with Crippen LogP contribution in [0.2, 0.25) is 0 Å². The van der Waals surface area contributed by atoms with Crippen LogP contribution in [0, 0.1) is 12.7 Å². The maximum atomic E-state index is 14.6. The fourth-order valence-corrected chi connectivity index (χ4v) is 4.32. The first kappa shape index (κ1) is 20.8. The Morgan fingerprint density at radius 3 is 2.36 bits per heavy atom. The Balaban J connectivity index is 1.95. The van der Waals surface area contributed by atoms with E-state index in [9.17, 15) is 14.0 Å². The lowest BCUT2D eigenvalue weighted by atomic mass is 10.2. The van der Waals surface area contributed by atoms with Gasteiger partial charge in [-0.25, -0.2) is 13.8 Å². The van der Waals surface area contributed by atoms with E-state index in [2.05, 4.69) is 0 Å². The third kappa shape index (κ3) is 3.24. The standard InChI is InChI=1S/C26H22FN3O3/c1-16-8-10-18(11-9-16)30-25(31)24-23(20-14-19(33-3)12-13-22(20)28(24)2)29(26(30)32)15-17-6-4-5-7-21(17)27/h4-14H,15H2,1-3H3. The van der Waals surface area contributed by atoms with E-state index < -0.39 is 17.1 Å². The molecule has 5 aromatic rings. The molecule has 0 aliphatic rings. The summed E-state index contributed by atoms with van der Waals surface area (Å²) in [7, 11) is 3.35. The first-order valence-electron chi connectivity index (χ1n) is 10.5. The van der Waals surface area contributed by atoms with Gasteiger partial charge in [-0.15, -0.1) is 0 Å². The lowest BCUT2D eigenvalue weighted by Gasteiger charge is -2.14. The second kappa shape index (κ2) is 7.78. The number of halogens is 1. The molecule has 0 aliphatic carbocycles. The highest BCUT2D eigenvalue weighted by Crippen LogP contribution is 2.29. The lowest BCUT2D eigenvalue weighted by Crippen LogP contribution is -2.39. The Kier molecular flexibility index (Phi) is 4.89. The van der Waals surface area contributed by atoms with Crippen LogP contribution >= 0.6 is 0 Å². The van der Waals surface area contributed by atoms with Crippen LogP contribution in [0.1, 0.15) is 11.1 Å². The van der Waals surface area contributed by atoms with Gasteiger partial charge in [-0.3, -0.25) is 9.36 Å². The quantitative estimate of drug-likeness (QED) is 0.419. The molecule has 0 amide bonds. The largest absolute Gasteiger partial charge is 0.497 e. The van der Waals surface area contributed by atoms with Gasteiger partial charge in [0, 0.05) is 18.0 Å². The van der Waals surface area contributed by atoms with E-state index in [-0.39, 0.29) is 6.54 Å². The van der Waals surface area contributed by atoms with Crippen molar-refractivity contribution in [2.24, 2.45) is 7.05 Å². The molecule has 33 heavy (non-hydrogen) atoms. The van der Waals surface area contributed by atoms with E-state index >= 15 is 0 Å². The molecule has 0 N–H and O–H groups in total. The summed E-state index contributed by atoms with van der Waals surface area (Å²) in [5.74, 6) is 0.186. The molecule has 166 valence electrons. The molecule has 3 aromatic carbocycles. The van der Waals surface area contributed by atoms with Gasteiger partial charge in [0.1, 0.15) is 17.1 Å². The van der Waals surface area contributed by atoms with Gasteiger partial charge < -0.3 is 9.30 Å². The van der Waals surface area contributed by atoms with Gasteiger partial charge in [0.2, 0.25) is 0 Å². The van der Waals surface area contributed by atoms with Crippen LogP contribution in [0.15, 0.2) is 76.3 Å². The molecule has 0 unspecified atom stereocenters. The van der Waals surface area contributed by atoms with E-state index in [0.29, 0.717) is 33.4 Å². The molecule has 0 spiro atoms. The van der Waals surface area contributed by atoms with Crippen molar-refractivity contribution in [1.29, 1.82) is 0 Å². The molecule has 6 nitrogen and oxygen atoms in total. The topological polar surface area (TPSA) is 58.2 Å². The Labute approximate surface area is 188 Å². The summed E-state index contributed by atoms with van der Waals surface area (Å²) in [6, 6.07) is 19.0. The molecule has 2 aromatic heterocycles. The average molecular weight is 443 g/mol. The van der Waals surface area contributed by atoms with Gasteiger partial charge >= 0.3 is 5.69 Å². The van der Waals surface area contributed by atoms with Crippen LogP contribution in [-0.2, 0) is 13.6 Å². The molecule has 2 heterocycles. The first-order chi connectivity index (χ1) is 15.9. The Bertz CT molecular complexity index is 1640.